The molecule has 0 unspecified atom stereocenters. The summed E-state index contributed by atoms with van der Waals surface area (Å²) >= 11 is 5.10. The zero-order chi connectivity index (χ0) is 19.7. The van der Waals surface area contributed by atoms with Crippen LogP contribution in [0.5, 0.6) is 0 Å². The molecule has 0 saturated carbocycles. The van der Waals surface area contributed by atoms with Crippen molar-refractivity contribution in [1.82, 2.24) is 5.32 Å². The summed E-state index contributed by atoms with van der Waals surface area (Å²) in [5, 5.41) is 11.4. The molecule has 9 heteroatoms. The van der Waals surface area contributed by atoms with Gasteiger partial charge in [-0.15, -0.1) is 0 Å². The molecule has 1 aromatic heterocycles. The number of thiocarbonyl (C=S) groups is 1. The van der Waals surface area contributed by atoms with E-state index in [1.807, 2.05) is 0 Å². The summed E-state index contributed by atoms with van der Waals surface area (Å²) < 4.78 is 5.56. The molecule has 2 heterocycles. The summed E-state index contributed by atoms with van der Waals surface area (Å²) in [5.41, 5.74) is 0.264. The summed E-state index contributed by atoms with van der Waals surface area (Å²) in [7, 11) is 3.60. The highest BCUT2D eigenvalue weighted by atomic mass is 32.1. The summed E-state index contributed by atoms with van der Waals surface area (Å²) in [6.45, 7) is 0. The third-order valence-corrected chi connectivity index (χ3v) is 4.10. The van der Waals surface area contributed by atoms with Crippen molar-refractivity contribution in [3.63, 3.8) is 0 Å². The predicted molar refractivity (Wildman–Crippen MR) is 103 cm³/mol. The van der Waals surface area contributed by atoms with Crippen molar-refractivity contribution in [3.05, 3.63) is 53.3 Å². The first-order valence-corrected chi connectivity index (χ1v) is 8.20. The maximum atomic E-state index is 12.9. The number of carboxylic acids is 1. The maximum Gasteiger partial charge on any atom is 0.335 e. The van der Waals surface area contributed by atoms with Crippen molar-refractivity contribution < 1.29 is 23.9 Å². The highest BCUT2D eigenvalue weighted by Gasteiger charge is 2.34. The zero-order valence-electron chi connectivity index (χ0n) is 14.4. The second kappa shape index (κ2) is 7.04. The zero-order valence-corrected chi connectivity index (χ0v) is 15.2. The average Bonchev–Trinajstić information content (AvgIpc) is 3.08. The average molecular weight is 385 g/mol. The van der Waals surface area contributed by atoms with Gasteiger partial charge in [0, 0.05) is 20.2 Å². The van der Waals surface area contributed by atoms with Crippen LogP contribution in [-0.4, -0.2) is 42.1 Å². The lowest BCUT2D eigenvalue weighted by Crippen LogP contribution is -2.54. The minimum atomic E-state index is -1.09. The number of nitrogens with one attached hydrogen (secondary N) is 1. The van der Waals surface area contributed by atoms with Crippen LogP contribution in [-0.2, 0) is 9.59 Å². The first kappa shape index (κ1) is 18.3. The van der Waals surface area contributed by atoms with E-state index in [4.69, 9.17) is 21.7 Å². The fourth-order valence-corrected chi connectivity index (χ4v) is 2.73. The second-order valence-corrected chi connectivity index (χ2v) is 6.27. The van der Waals surface area contributed by atoms with Crippen LogP contribution in [0.1, 0.15) is 16.1 Å². The molecule has 138 valence electrons. The van der Waals surface area contributed by atoms with Gasteiger partial charge in [0.15, 0.2) is 11.0 Å². The molecular weight excluding hydrogens is 370 g/mol. The van der Waals surface area contributed by atoms with Gasteiger partial charge in [-0.1, -0.05) is 0 Å². The Kier molecular flexibility index (Phi) is 4.78. The van der Waals surface area contributed by atoms with Gasteiger partial charge in [0.05, 0.1) is 11.3 Å². The lowest BCUT2D eigenvalue weighted by molar-refractivity contribution is -0.122. The molecule has 8 nitrogen and oxygen atoms in total. The Labute approximate surface area is 159 Å². The number of carbonyl (C=O) groups is 3. The summed E-state index contributed by atoms with van der Waals surface area (Å²) in [6.07, 6.45) is 1.34. The fraction of sp³-hybridized carbons (Fsp3) is 0.111. The van der Waals surface area contributed by atoms with Gasteiger partial charge in [-0.2, -0.15) is 0 Å². The Hall–Kier alpha value is -3.46. The number of furan rings is 1. The van der Waals surface area contributed by atoms with Crippen LogP contribution in [0.2, 0.25) is 0 Å². The van der Waals surface area contributed by atoms with E-state index in [-0.39, 0.29) is 16.2 Å². The van der Waals surface area contributed by atoms with Gasteiger partial charge in [-0.25, -0.2) is 4.79 Å². The van der Waals surface area contributed by atoms with Crippen LogP contribution in [0.3, 0.4) is 0 Å². The molecule has 0 radical (unpaired) electrons. The molecule has 0 spiro atoms. The normalized spacial score (nSPS) is 15.9. The lowest BCUT2D eigenvalue weighted by atomic mass is 10.1. The summed E-state index contributed by atoms with van der Waals surface area (Å²) in [4.78, 5) is 38.9. The highest BCUT2D eigenvalue weighted by molar-refractivity contribution is 7.80. The molecule has 1 aromatic carbocycles. The molecule has 2 N–H and O–H groups in total. The molecule has 1 aliphatic heterocycles. The Balaban J connectivity index is 1.95. The number of hydrogen-bond acceptors (Lipinski definition) is 6. The molecule has 27 heavy (non-hydrogen) atoms. The third kappa shape index (κ3) is 3.58. The molecule has 0 aliphatic carbocycles. The minimum Gasteiger partial charge on any atom is -0.478 e. The predicted octanol–water partition coefficient (Wildman–Crippen LogP) is 1.88. The summed E-state index contributed by atoms with van der Waals surface area (Å²) in [6, 6.07) is 8.94. The molecule has 1 saturated heterocycles. The van der Waals surface area contributed by atoms with E-state index in [1.54, 1.807) is 31.1 Å². The first-order valence-electron chi connectivity index (χ1n) is 7.80. The van der Waals surface area contributed by atoms with Crippen LogP contribution in [0, 0.1) is 0 Å². The molecular formula is C18H15N3O5S. The van der Waals surface area contributed by atoms with E-state index in [0.717, 1.165) is 4.90 Å². The van der Waals surface area contributed by atoms with Crippen molar-refractivity contribution in [1.29, 1.82) is 0 Å². The number of nitrogens with zero attached hydrogens (tertiary/aromatic N) is 2. The Morgan fingerprint density at radius 1 is 1.19 bits per heavy atom. The quantitative estimate of drug-likeness (QED) is 0.470. The second-order valence-electron chi connectivity index (χ2n) is 5.88. The largest absolute Gasteiger partial charge is 0.478 e. The van der Waals surface area contributed by atoms with Crippen LogP contribution < -0.4 is 15.1 Å². The highest BCUT2D eigenvalue weighted by Crippen LogP contribution is 2.24. The van der Waals surface area contributed by atoms with Crippen molar-refractivity contribution in [2.45, 2.75) is 0 Å². The van der Waals surface area contributed by atoms with Gasteiger partial charge in [-0.05, 0) is 48.6 Å². The molecule has 2 aromatic rings. The molecule has 0 atom stereocenters. The SMILES string of the molecule is CN(C)c1ccc(/C=C2\C(=O)NC(=S)N(c3ccc(C(=O)O)cc3)C2=O)o1. The fourth-order valence-electron chi connectivity index (χ4n) is 2.45. The van der Waals surface area contributed by atoms with E-state index in [1.165, 1.54) is 30.3 Å². The van der Waals surface area contributed by atoms with E-state index < -0.39 is 17.8 Å². The van der Waals surface area contributed by atoms with Gasteiger partial charge >= 0.3 is 5.97 Å². The van der Waals surface area contributed by atoms with Crippen LogP contribution in [0.4, 0.5) is 11.6 Å². The number of anilines is 2. The number of benzene rings is 1. The Morgan fingerprint density at radius 2 is 1.85 bits per heavy atom. The van der Waals surface area contributed by atoms with E-state index >= 15 is 0 Å². The van der Waals surface area contributed by atoms with E-state index in [2.05, 4.69) is 5.32 Å². The lowest BCUT2D eigenvalue weighted by Gasteiger charge is -2.28. The first-order chi connectivity index (χ1) is 12.8. The molecule has 1 fully saturated rings. The van der Waals surface area contributed by atoms with Crippen LogP contribution in [0.15, 0.2) is 46.4 Å². The van der Waals surface area contributed by atoms with Crippen molar-refractivity contribution >= 4 is 52.8 Å². The van der Waals surface area contributed by atoms with Crippen LogP contribution >= 0.6 is 12.2 Å². The van der Waals surface area contributed by atoms with Crippen molar-refractivity contribution in [2.75, 3.05) is 23.9 Å². The monoisotopic (exact) mass is 385 g/mol. The third-order valence-electron chi connectivity index (χ3n) is 3.81. The minimum absolute atomic E-state index is 0.0701. The van der Waals surface area contributed by atoms with Gasteiger partial charge in [0.25, 0.3) is 11.8 Å². The molecule has 2 amide bonds. The summed E-state index contributed by atoms with van der Waals surface area (Å²) in [5.74, 6) is -1.44. The topological polar surface area (TPSA) is 103 Å². The van der Waals surface area contributed by atoms with E-state index in [0.29, 0.717) is 17.3 Å². The van der Waals surface area contributed by atoms with Crippen molar-refractivity contribution in [3.8, 4) is 0 Å². The molecule has 0 bridgehead atoms. The van der Waals surface area contributed by atoms with Gasteiger partial charge < -0.3 is 14.4 Å². The van der Waals surface area contributed by atoms with Gasteiger partial charge in [-0.3, -0.25) is 19.8 Å². The number of hydrogen-bond donors (Lipinski definition) is 2. The van der Waals surface area contributed by atoms with Crippen LogP contribution in [0.25, 0.3) is 6.08 Å². The van der Waals surface area contributed by atoms with E-state index in [9.17, 15) is 14.4 Å². The standard InChI is InChI=1S/C18H15N3O5S/c1-20(2)14-8-7-12(26-14)9-13-15(22)19-18(27)21(16(13)23)11-5-3-10(4-6-11)17(24)25/h3-9H,1-2H3,(H,24,25)(H,19,22,27)/b13-9+. The number of carboxylic acid groups (broad SMARTS) is 1. The maximum absolute atomic E-state index is 12.9. The smallest absolute Gasteiger partial charge is 0.335 e. The van der Waals surface area contributed by atoms with Crippen molar-refractivity contribution in [2.24, 2.45) is 0 Å². The number of amides is 2. The Morgan fingerprint density at radius 3 is 2.41 bits per heavy atom. The molecule has 1 aliphatic rings. The Bertz CT molecular complexity index is 975. The number of aromatic carboxylic acids is 1. The van der Waals surface area contributed by atoms with Gasteiger partial charge in [0.1, 0.15) is 11.3 Å². The number of carbonyl (C=O) groups excluding carboxylic acids is 2. The number of rotatable bonds is 4. The molecule has 3 rings (SSSR count). The van der Waals surface area contributed by atoms with Gasteiger partial charge in [0.2, 0.25) is 0 Å².